The largest absolute Gasteiger partial charge is 0.456 e. The van der Waals surface area contributed by atoms with Crippen molar-refractivity contribution in [2.75, 3.05) is 4.90 Å². The second kappa shape index (κ2) is 13.3. The Labute approximate surface area is 363 Å². The maximum Gasteiger partial charge on any atom is 0.136 e. The number of rotatable bonds is 5. The normalized spacial score (nSPS) is 13.1. The molecule has 0 saturated heterocycles. The highest BCUT2D eigenvalue weighted by atomic mass is 32.1. The minimum Gasteiger partial charge on any atom is -0.456 e. The number of benzene rings is 10. The summed E-state index contributed by atoms with van der Waals surface area (Å²) in [6, 6.07) is 73.8. The molecule has 62 heavy (non-hydrogen) atoms. The maximum atomic E-state index is 6.29. The number of para-hydroxylation sites is 2. The molecule has 292 valence electrons. The Bertz CT molecular complexity index is 3810. The summed E-state index contributed by atoms with van der Waals surface area (Å²) < 4.78 is 8.92. The van der Waals surface area contributed by atoms with E-state index in [0.29, 0.717) is 0 Å². The van der Waals surface area contributed by atoms with Gasteiger partial charge < -0.3 is 9.32 Å². The van der Waals surface area contributed by atoms with Gasteiger partial charge in [-0.1, -0.05) is 159 Å². The average molecular weight is 810 g/mol. The van der Waals surface area contributed by atoms with E-state index >= 15 is 0 Å². The summed E-state index contributed by atoms with van der Waals surface area (Å²) in [5.74, 6) is 0. The number of thiophene rings is 1. The molecular formula is C59H39NOS. The van der Waals surface area contributed by atoms with Crippen molar-refractivity contribution in [2.45, 2.75) is 19.3 Å². The van der Waals surface area contributed by atoms with Crippen LogP contribution in [0.2, 0.25) is 0 Å². The summed E-state index contributed by atoms with van der Waals surface area (Å²) in [7, 11) is 0. The molecule has 2 heterocycles. The number of furan rings is 1. The fourth-order valence-corrected chi connectivity index (χ4v) is 11.7. The Kier molecular flexibility index (Phi) is 7.56. The van der Waals surface area contributed by atoms with Crippen molar-refractivity contribution < 1.29 is 4.42 Å². The molecule has 12 aromatic rings. The molecule has 0 radical (unpaired) electrons. The third kappa shape index (κ3) is 5.09. The molecule has 0 saturated carbocycles. The first kappa shape index (κ1) is 35.3. The van der Waals surface area contributed by atoms with Crippen LogP contribution in [0.5, 0.6) is 0 Å². The molecule has 13 rings (SSSR count). The van der Waals surface area contributed by atoms with Crippen LogP contribution in [0.3, 0.4) is 0 Å². The summed E-state index contributed by atoms with van der Waals surface area (Å²) >= 11 is 1.88. The molecule has 0 atom stereocenters. The Morgan fingerprint density at radius 3 is 2.02 bits per heavy atom. The fraction of sp³-hybridized carbons (Fsp3) is 0.0508. The van der Waals surface area contributed by atoms with E-state index in [0.717, 1.165) is 33.3 Å². The zero-order chi connectivity index (χ0) is 41.1. The van der Waals surface area contributed by atoms with E-state index in [4.69, 9.17) is 4.42 Å². The lowest BCUT2D eigenvalue weighted by molar-refractivity contribution is 0.660. The van der Waals surface area contributed by atoms with Gasteiger partial charge in [-0.15, -0.1) is 11.3 Å². The van der Waals surface area contributed by atoms with Crippen LogP contribution in [-0.2, 0) is 5.41 Å². The summed E-state index contributed by atoms with van der Waals surface area (Å²) in [6.45, 7) is 4.74. The van der Waals surface area contributed by atoms with Crippen LogP contribution in [-0.4, -0.2) is 0 Å². The van der Waals surface area contributed by atoms with Gasteiger partial charge in [-0.2, -0.15) is 0 Å². The molecule has 0 bridgehead atoms. The van der Waals surface area contributed by atoms with Crippen LogP contribution in [0, 0.1) is 0 Å². The van der Waals surface area contributed by atoms with Gasteiger partial charge in [-0.25, -0.2) is 0 Å². The van der Waals surface area contributed by atoms with Crippen LogP contribution in [0.25, 0.3) is 97.0 Å². The molecule has 2 aromatic heterocycles. The number of anilines is 3. The van der Waals surface area contributed by atoms with Gasteiger partial charge in [0, 0.05) is 53.2 Å². The molecule has 1 aliphatic carbocycles. The summed E-state index contributed by atoms with van der Waals surface area (Å²) in [5, 5.41) is 9.86. The number of fused-ring (bicyclic) bond motifs is 12. The summed E-state index contributed by atoms with van der Waals surface area (Å²) in [4.78, 5) is 2.53. The minimum atomic E-state index is -0.142. The Balaban J connectivity index is 1.05. The molecule has 0 amide bonds. The third-order valence-electron chi connectivity index (χ3n) is 13.4. The van der Waals surface area contributed by atoms with Crippen molar-refractivity contribution in [2.24, 2.45) is 0 Å². The molecule has 0 spiro atoms. The average Bonchev–Trinajstić information content (AvgIpc) is 3.97. The van der Waals surface area contributed by atoms with Gasteiger partial charge in [0.1, 0.15) is 11.2 Å². The second-order valence-corrected chi connectivity index (χ2v) is 18.3. The molecule has 0 N–H and O–H groups in total. The third-order valence-corrected chi connectivity index (χ3v) is 14.6. The van der Waals surface area contributed by atoms with Crippen molar-refractivity contribution in [3.05, 3.63) is 211 Å². The van der Waals surface area contributed by atoms with Crippen molar-refractivity contribution >= 4 is 92.1 Å². The van der Waals surface area contributed by atoms with Crippen LogP contribution >= 0.6 is 11.3 Å². The van der Waals surface area contributed by atoms with E-state index in [2.05, 4.69) is 213 Å². The van der Waals surface area contributed by atoms with E-state index < -0.39 is 0 Å². The Morgan fingerprint density at radius 1 is 0.419 bits per heavy atom. The van der Waals surface area contributed by atoms with Crippen molar-refractivity contribution in [1.82, 2.24) is 0 Å². The highest BCUT2D eigenvalue weighted by Crippen LogP contribution is 2.55. The molecule has 1 aliphatic rings. The molecule has 3 heteroatoms. The van der Waals surface area contributed by atoms with E-state index in [1.807, 2.05) is 17.4 Å². The first-order chi connectivity index (χ1) is 30.5. The van der Waals surface area contributed by atoms with Crippen LogP contribution < -0.4 is 4.90 Å². The van der Waals surface area contributed by atoms with Crippen molar-refractivity contribution in [1.29, 1.82) is 0 Å². The fourth-order valence-electron chi connectivity index (χ4n) is 10.6. The molecule has 10 aromatic carbocycles. The van der Waals surface area contributed by atoms with E-state index in [-0.39, 0.29) is 5.41 Å². The van der Waals surface area contributed by atoms with Crippen LogP contribution in [0.15, 0.2) is 205 Å². The van der Waals surface area contributed by atoms with Gasteiger partial charge in [0.25, 0.3) is 0 Å². The van der Waals surface area contributed by atoms with Crippen LogP contribution in [0.4, 0.5) is 17.1 Å². The van der Waals surface area contributed by atoms with E-state index in [1.54, 1.807) is 0 Å². The standard InChI is InChI=1S/C59H39NOS/c1-59(2)47-21-7-3-16-44(47)57-48(59)22-13-24-50(57)60(40-32-30-37-34-39(29-28-38(37)35-40)41-19-12-26-52-56(41)45-17-5-9-25-51(45)61-52)49-23-8-4-15-42(49)43-20-11-14-36-31-33-54-58(55(36)43)46-18-6-10-27-53(46)62-54/h3-35H,1-2H3. The quantitative estimate of drug-likeness (QED) is 0.172. The maximum absolute atomic E-state index is 6.29. The Morgan fingerprint density at radius 2 is 1.08 bits per heavy atom. The van der Waals surface area contributed by atoms with Gasteiger partial charge in [0.2, 0.25) is 0 Å². The first-order valence-electron chi connectivity index (χ1n) is 21.4. The van der Waals surface area contributed by atoms with Gasteiger partial charge in [0.15, 0.2) is 0 Å². The highest BCUT2D eigenvalue weighted by Gasteiger charge is 2.38. The number of hydrogen-bond acceptors (Lipinski definition) is 3. The lowest BCUT2D eigenvalue weighted by atomic mass is 9.82. The highest BCUT2D eigenvalue weighted by molar-refractivity contribution is 7.26. The van der Waals surface area contributed by atoms with Gasteiger partial charge >= 0.3 is 0 Å². The molecule has 2 nitrogen and oxygen atoms in total. The topological polar surface area (TPSA) is 16.4 Å². The monoisotopic (exact) mass is 809 g/mol. The first-order valence-corrected chi connectivity index (χ1v) is 22.2. The smallest absolute Gasteiger partial charge is 0.136 e. The molecule has 0 fully saturated rings. The Hall–Kier alpha value is -7.46. The second-order valence-electron chi connectivity index (χ2n) is 17.2. The summed E-state index contributed by atoms with van der Waals surface area (Å²) in [6.07, 6.45) is 0. The zero-order valence-electron chi connectivity index (χ0n) is 34.3. The van der Waals surface area contributed by atoms with Crippen molar-refractivity contribution in [3.8, 4) is 33.4 Å². The number of hydrogen-bond donors (Lipinski definition) is 0. The van der Waals surface area contributed by atoms with Crippen LogP contribution in [0.1, 0.15) is 25.0 Å². The van der Waals surface area contributed by atoms with Gasteiger partial charge in [0.05, 0.1) is 11.4 Å². The molecule has 0 aliphatic heterocycles. The number of nitrogens with zero attached hydrogens (tertiary/aromatic N) is 1. The molecule has 0 unspecified atom stereocenters. The minimum absolute atomic E-state index is 0.142. The lowest BCUT2D eigenvalue weighted by Crippen LogP contribution is -2.16. The van der Waals surface area contributed by atoms with Gasteiger partial charge in [-0.3, -0.25) is 0 Å². The molecular weight excluding hydrogens is 771 g/mol. The van der Waals surface area contributed by atoms with Gasteiger partial charge in [-0.05, 0) is 110 Å². The van der Waals surface area contributed by atoms with Crippen molar-refractivity contribution in [3.63, 3.8) is 0 Å². The SMILES string of the molecule is CC1(C)c2ccccc2-c2c(N(c3ccc4cc(-c5cccc6oc7ccccc7c56)ccc4c3)c3ccccc3-c3cccc4ccc5sc6ccccc6c5c34)cccc21. The van der Waals surface area contributed by atoms with E-state index in [9.17, 15) is 0 Å². The van der Waals surface area contributed by atoms with E-state index in [1.165, 1.54) is 91.9 Å². The zero-order valence-corrected chi connectivity index (χ0v) is 35.1. The predicted molar refractivity (Wildman–Crippen MR) is 265 cm³/mol. The predicted octanol–water partition coefficient (Wildman–Crippen LogP) is 17.4. The summed E-state index contributed by atoms with van der Waals surface area (Å²) in [5.41, 5.74) is 15.2. The lowest BCUT2D eigenvalue weighted by Gasteiger charge is -2.31.